The van der Waals surface area contributed by atoms with E-state index in [4.69, 9.17) is 4.98 Å². The molecule has 5 aromatic rings. The number of hydrogen-bond acceptors (Lipinski definition) is 3. The quantitative estimate of drug-likeness (QED) is 0.422. The van der Waals surface area contributed by atoms with Crippen molar-refractivity contribution in [2.45, 2.75) is 13.5 Å². The zero-order valence-corrected chi connectivity index (χ0v) is 16.8. The van der Waals surface area contributed by atoms with Gasteiger partial charge in [-0.2, -0.15) is 10.2 Å². The highest BCUT2D eigenvalue weighted by Crippen LogP contribution is 2.22. The molecule has 0 amide bonds. The van der Waals surface area contributed by atoms with Crippen LogP contribution >= 0.6 is 12.4 Å². The minimum Gasteiger partial charge on any atom is -0.268 e. The van der Waals surface area contributed by atoms with Gasteiger partial charge in [0.2, 0.25) is 0 Å². The number of halogens is 1. The molecule has 0 unspecified atom stereocenters. The number of hydrogen-bond donors (Lipinski definition) is 0. The van der Waals surface area contributed by atoms with Gasteiger partial charge < -0.3 is 0 Å². The van der Waals surface area contributed by atoms with E-state index in [0.29, 0.717) is 0 Å². The lowest BCUT2D eigenvalue weighted by Crippen LogP contribution is -1.99. The molecule has 0 atom stereocenters. The van der Waals surface area contributed by atoms with Crippen molar-refractivity contribution in [2.24, 2.45) is 0 Å². The van der Waals surface area contributed by atoms with E-state index < -0.39 is 0 Å². The maximum Gasteiger partial charge on any atom is 0.154 e. The Hall–Kier alpha value is -3.44. The van der Waals surface area contributed by atoms with Crippen LogP contribution in [0.2, 0.25) is 0 Å². The Morgan fingerprint density at radius 1 is 0.828 bits per heavy atom. The summed E-state index contributed by atoms with van der Waals surface area (Å²) in [5, 5.41) is 10.2. The van der Waals surface area contributed by atoms with Gasteiger partial charge in [-0.3, -0.25) is 4.68 Å². The van der Waals surface area contributed by atoms with Gasteiger partial charge in [-0.1, -0.05) is 48.5 Å². The Morgan fingerprint density at radius 3 is 2.41 bits per heavy atom. The van der Waals surface area contributed by atoms with Crippen LogP contribution in [0.5, 0.6) is 0 Å². The van der Waals surface area contributed by atoms with E-state index in [9.17, 15) is 0 Å². The predicted octanol–water partition coefficient (Wildman–Crippen LogP) is 5.06. The van der Waals surface area contributed by atoms with Crippen molar-refractivity contribution in [2.75, 3.05) is 0 Å². The van der Waals surface area contributed by atoms with Crippen LogP contribution in [0.3, 0.4) is 0 Å². The van der Waals surface area contributed by atoms with Crippen molar-refractivity contribution in [1.82, 2.24) is 24.5 Å². The topological polar surface area (TPSA) is 48.5 Å². The fraction of sp³-hybridized carbons (Fsp3) is 0.0870. The summed E-state index contributed by atoms with van der Waals surface area (Å²) in [4.78, 5) is 4.75. The molecule has 0 fully saturated rings. The van der Waals surface area contributed by atoms with E-state index >= 15 is 0 Å². The number of aryl methyl sites for hydroxylation is 1. The van der Waals surface area contributed by atoms with Gasteiger partial charge in [0.15, 0.2) is 5.82 Å². The number of rotatable bonds is 4. The van der Waals surface area contributed by atoms with Crippen LogP contribution in [0.25, 0.3) is 27.8 Å². The molecule has 0 saturated carbocycles. The Kier molecular flexibility index (Phi) is 5.14. The lowest BCUT2D eigenvalue weighted by Gasteiger charge is -2.06. The molecule has 0 spiro atoms. The first kappa shape index (κ1) is 18.9. The summed E-state index contributed by atoms with van der Waals surface area (Å²) in [5.74, 6) is 0.819. The van der Waals surface area contributed by atoms with Gasteiger partial charge >= 0.3 is 0 Å². The first-order valence-corrected chi connectivity index (χ1v) is 9.24. The van der Waals surface area contributed by atoms with Crippen molar-refractivity contribution < 1.29 is 0 Å². The molecule has 0 aliphatic heterocycles. The fourth-order valence-electron chi connectivity index (χ4n) is 3.42. The molecule has 0 bridgehead atoms. The maximum absolute atomic E-state index is 4.75. The van der Waals surface area contributed by atoms with E-state index in [2.05, 4.69) is 41.4 Å². The van der Waals surface area contributed by atoms with Crippen molar-refractivity contribution in [1.29, 1.82) is 0 Å². The third-order valence-corrected chi connectivity index (χ3v) is 4.88. The minimum atomic E-state index is 0. The van der Waals surface area contributed by atoms with Crippen LogP contribution < -0.4 is 0 Å². The van der Waals surface area contributed by atoms with Gasteiger partial charge in [-0.25, -0.2) is 9.67 Å². The summed E-state index contributed by atoms with van der Waals surface area (Å²) in [6, 6.07) is 20.6. The van der Waals surface area contributed by atoms with Gasteiger partial charge in [-0.05, 0) is 30.2 Å². The van der Waals surface area contributed by atoms with Crippen LogP contribution in [-0.4, -0.2) is 24.5 Å². The molecule has 2 aromatic carbocycles. The molecule has 144 valence electrons. The van der Waals surface area contributed by atoms with Crippen molar-refractivity contribution >= 4 is 23.3 Å². The number of aromatic nitrogens is 5. The van der Waals surface area contributed by atoms with Crippen LogP contribution in [0.1, 0.15) is 11.1 Å². The molecule has 6 heteroatoms. The lowest BCUT2D eigenvalue weighted by atomic mass is 10.1. The fourth-order valence-corrected chi connectivity index (χ4v) is 3.42. The Morgan fingerprint density at radius 2 is 1.55 bits per heavy atom. The Bertz CT molecular complexity index is 1260. The number of fused-ring (bicyclic) bond motifs is 1. The normalized spacial score (nSPS) is 10.8. The summed E-state index contributed by atoms with van der Waals surface area (Å²) < 4.78 is 3.77. The molecule has 0 radical (unpaired) electrons. The number of para-hydroxylation sites is 1. The number of nitrogens with zero attached hydrogens (tertiary/aromatic N) is 5. The van der Waals surface area contributed by atoms with Crippen LogP contribution in [-0.2, 0) is 6.54 Å². The third kappa shape index (κ3) is 3.77. The smallest absolute Gasteiger partial charge is 0.154 e. The first-order chi connectivity index (χ1) is 13.8. The molecule has 3 aromatic heterocycles. The van der Waals surface area contributed by atoms with Gasteiger partial charge in [0.25, 0.3) is 0 Å². The Labute approximate surface area is 175 Å². The average Bonchev–Trinajstić information content (AvgIpc) is 3.38. The number of pyridine rings is 1. The SMILES string of the molecule is Cc1cc(-n2cc(-c3cnn(Cc4ccccc4)c3)cn2)nc2ccccc12.Cl. The summed E-state index contributed by atoms with van der Waals surface area (Å²) in [7, 11) is 0. The molecule has 0 aliphatic carbocycles. The summed E-state index contributed by atoms with van der Waals surface area (Å²) in [6.45, 7) is 2.85. The third-order valence-electron chi connectivity index (χ3n) is 4.88. The Balaban J connectivity index is 0.00000205. The lowest BCUT2D eigenvalue weighted by molar-refractivity contribution is 0.687. The molecule has 5 rings (SSSR count). The summed E-state index contributed by atoms with van der Waals surface area (Å²) in [5.41, 5.74) is 5.45. The minimum absolute atomic E-state index is 0. The monoisotopic (exact) mass is 401 g/mol. The highest BCUT2D eigenvalue weighted by atomic mass is 35.5. The van der Waals surface area contributed by atoms with E-state index in [-0.39, 0.29) is 12.4 Å². The van der Waals surface area contributed by atoms with E-state index in [1.807, 2.05) is 70.5 Å². The van der Waals surface area contributed by atoms with Gasteiger partial charge in [-0.15, -0.1) is 12.4 Å². The van der Waals surface area contributed by atoms with Crippen molar-refractivity contribution in [3.8, 4) is 16.9 Å². The van der Waals surface area contributed by atoms with E-state index in [1.54, 1.807) is 0 Å². The van der Waals surface area contributed by atoms with Crippen molar-refractivity contribution in [3.05, 3.63) is 96.6 Å². The molecular weight excluding hydrogens is 382 g/mol. The second-order valence-corrected chi connectivity index (χ2v) is 6.90. The highest BCUT2D eigenvalue weighted by Gasteiger charge is 2.09. The molecule has 0 aliphatic rings. The van der Waals surface area contributed by atoms with Gasteiger partial charge in [0.05, 0.1) is 24.5 Å². The zero-order valence-electron chi connectivity index (χ0n) is 15.9. The van der Waals surface area contributed by atoms with Gasteiger partial charge in [0, 0.05) is 28.9 Å². The molecule has 29 heavy (non-hydrogen) atoms. The molecule has 0 N–H and O–H groups in total. The molecule has 0 saturated heterocycles. The maximum atomic E-state index is 4.75. The predicted molar refractivity (Wildman–Crippen MR) is 118 cm³/mol. The average molecular weight is 402 g/mol. The number of benzene rings is 2. The standard InChI is InChI=1S/C23H19N5.ClH/c1-17-11-23(26-22-10-6-5-9-21(17)22)28-16-20(13-25-28)19-12-24-27(15-19)14-18-7-3-2-4-8-18;/h2-13,15-16H,14H2,1H3;1H. The van der Waals surface area contributed by atoms with E-state index in [1.165, 1.54) is 16.5 Å². The van der Waals surface area contributed by atoms with Crippen molar-refractivity contribution in [3.63, 3.8) is 0 Å². The summed E-state index contributed by atoms with van der Waals surface area (Å²) >= 11 is 0. The largest absolute Gasteiger partial charge is 0.268 e. The van der Waals surface area contributed by atoms with Gasteiger partial charge in [0.1, 0.15) is 0 Å². The van der Waals surface area contributed by atoms with Crippen LogP contribution in [0.15, 0.2) is 85.5 Å². The molecule has 3 heterocycles. The molecule has 5 nitrogen and oxygen atoms in total. The highest BCUT2D eigenvalue weighted by molar-refractivity contribution is 5.85. The van der Waals surface area contributed by atoms with Crippen LogP contribution in [0.4, 0.5) is 0 Å². The molecular formula is C23H20ClN5. The van der Waals surface area contributed by atoms with Crippen LogP contribution in [0, 0.1) is 6.92 Å². The van der Waals surface area contributed by atoms with E-state index in [0.717, 1.165) is 29.0 Å². The second-order valence-electron chi connectivity index (χ2n) is 6.90. The first-order valence-electron chi connectivity index (χ1n) is 9.24. The second kappa shape index (κ2) is 7.89. The zero-order chi connectivity index (χ0) is 18.9. The summed E-state index contributed by atoms with van der Waals surface area (Å²) in [6.07, 6.45) is 7.78.